The quantitative estimate of drug-likeness (QED) is 0.887. The van der Waals surface area contributed by atoms with Gasteiger partial charge in [0.05, 0.1) is 0 Å². The lowest BCUT2D eigenvalue weighted by molar-refractivity contribution is -0.121. The van der Waals surface area contributed by atoms with E-state index in [1.165, 1.54) is 13.0 Å². The zero-order valence-electron chi connectivity index (χ0n) is 10.9. The molecule has 0 radical (unpaired) electrons. The number of hydrogen-bond donors (Lipinski definition) is 1. The van der Waals surface area contributed by atoms with E-state index >= 15 is 0 Å². The molecule has 0 aromatic heterocycles. The van der Waals surface area contributed by atoms with Crippen molar-refractivity contribution in [2.24, 2.45) is 0 Å². The lowest BCUT2D eigenvalue weighted by Gasteiger charge is -2.22. The molecule has 6 heteroatoms. The van der Waals surface area contributed by atoms with Crippen LogP contribution in [0.3, 0.4) is 0 Å². The molecule has 1 aromatic carbocycles. The van der Waals surface area contributed by atoms with Crippen LogP contribution in [0.5, 0.6) is 0 Å². The Morgan fingerprint density at radius 2 is 1.84 bits per heavy atom. The second-order valence-electron chi connectivity index (χ2n) is 3.94. The van der Waals surface area contributed by atoms with Gasteiger partial charge in [-0.05, 0) is 12.1 Å². The molecule has 0 aliphatic rings. The first kappa shape index (κ1) is 15.1. The zero-order valence-corrected chi connectivity index (χ0v) is 10.9. The third kappa shape index (κ3) is 4.01. The number of halogens is 2. The van der Waals surface area contributed by atoms with Crippen LogP contribution >= 0.6 is 0 Å². The van der Waals surface area contributed by atoms with Crippen LogP contribution in [0.25, 0.3) is 0 Å². The first-order valence-corrected chi connectivity index (χ1v) is 5.96. The third-order valence-corrected chi connectivity index (χ3v) is 2.57. The van der Waals surface area contributed by atoms with Crippen molar-refractivity contribution in [2.45, 2.75) is 20.3 Å². The minimum atomic E-state index is -0.808. The van der Waals surface area contributed by atoms with Gasteiger partial charge in [-0.3, -0.25) is 9.59 Å². The molecule has 0 saturated carbocycles. The van der Waals surface area contributed by atoms with E-state index in [9.17, 15) is 18.4 Å². The Labute approximate surface area is 110 Å². The molecule has 1 N–H and O–H groups in total. The van der Waals surface area contributed by atoms with E-state index in [2.05, 4.69) is 5.32 Å². The number of carbonyl (C=O) groups is 2. The molecule has 0 saturated heterocycles. The maximum atomic E-state index is 13.6. The van der Waals surface area contributed by atoms with Gasteiger partial charge in [-0.25, -0.2) is 8.78 Å². The predicted molar refractivity (Wildman–Crippen MR) is 67.7 cm³/mol. The normalized spacial score (nSPS) is 10.1. The van der Waals surface area contributed by atoms with E-state index in [1.807, 2.05) is 0 Å². The van der Waals surface area contributed by atoms with Crippen LogP contribution in [0.1, 0.15) is 20.3 Å². The summed E-state index contributed by atoms with van der Waals surface area (Å²) in [6, 6.07) is 3.39. The largest absolute Gasteiger partial charge is 0.354 e. The number of para-hydroxylation sites is 1. The molecule has 19 heavy (non-hydrogen) atoms. The average Bonchev–Trinajstić information content (AvgIpc) is 2.35. The molecular weight excluding hydrogens is 254 g/mol. The van der Waals surface area contributed by atoms with Gasteiger partial charge in [0.1, 0.15) is 17.3 Å². The second-order valence-corrected chi connectivity index (χ2v) is 3.94. The van der Waals surface area contributed by atoms with Crippen LogP contribution in [-0.4, -0.2) is 24.9 Å². The van der Waals surface area contributed by atoms with Crippen molar-refractivity contribution in [3.8, 4) is 0 Å². The molecule has 104 valence electrons. The molecule has 1 rings (SSSR count). The molecule has 1 aromatic rings. The topological polar surface area (TPSA) is 49.4 Å². The maximum Gasteiger partial charge on any atom is 0.224 e. The number of nitrogens with one attached hydrogen (secondary N) is 1. The summed E-state index contributed by atoms with van der Waals surface area (Å²) in [4.78, 5) is 23.5. The highest BCUT2D eigenvalue weighted by atomic mass is 19.1. The average molecular weight is 270 g/mol. The Bertz CT molecular complexity index is 457. The lowest BCUT2D eigenvalue weighted by atomic mass is 10.2. The molecule has 0 spiro atoms. The van der Waals surface area contributed by atoms with Crippen molar-refractivity contribution < 1.29 is 18.4 Å². The molecule has 4 nitrogen and oxygen atoms in total. The van der Waals surface area contributed by atoms with E-state index in [0.29, 0.717) is 6.42 Å². The first-order valence-electron chi connectivity index (χ1n) is 5.96. The molecule has 0 heterocycles. The number of nitrogens with zero attached hydrogens (tertiary/aromatic N) is 1. The van der Waals surface area contributed by atoms with Crippen molar-refractivity contribution in [2.75, 3.05) is 18.0 Å². The number of anilines is 1. The van der Waals surface area contributed by atoms with Gasteiger partial charge in [0.15, 0.2) is 0 Å². The van der Waals surface area contributed by atoms with Gasteiger partial charge in [-0.15, -0.1) is 0 Å². The number of carbonyl (C=O) groups excluding carboxylic acids is 2. The summed E-state index contributed by atoms with van der Waals surface area (Å²) in [5.41, 5.74) is -0.388. The summed E-state index contributed by atoms with van der Waals surface area (Å²) in [6.45, 7) is 3.06. The molecule has 0 bridgehead atoms. The SMILES string of the molecule is CCC(=O)NCCN(C(C)=O)c1c(F)cccc1F. The van der Waals surface area contributed by atoms with E-state index in [0.717, 1.165) is 17.0 Å². The van der Waals surface area contributed by atoms with Gasteiger partial charge in [0.25, 0.3) is 0 Å². The van der Waals surface area contributed by atoms with Crippen LogP contribution in [0.4, 0.5) is 14.5 Å². The summed E-state index contributed by atoms with van der Waals surface area (Å²) < 4.78 is 27.2. The van der Waals surface area contributed by atoms with E-state index < -0.39 is 17.5 Å². The highest BCUT2D eigenvalue weighted by molar-refractivity contribution is 5.91. The summed E-state index contributed by atoms with van der Waals surface area (Å²) >= 11 is 0. The summed E-state index contributed by atoms with van der Waals surface area (Å²) in [7, 11) is 0. The predicted octanol–water partition coefficient (Wildman–Crippen LogP) is 1.84. The zero-order chi connectivity index (χ0) is 14.4. The lowest BCUT2D eigenvalue weighted by Crippen LogP contribution is -2.38. The number of hydrogen-bond acceptors (Lipinski definition) is 2. The summed E-state index contributed by atoms with van der Waals surface area (Å²) in [6.07, 6.45) is 0.314. The van der Waals surface area contributed by atoms with Crippen molar-refractivity contribution in [1.29, 1.82) is 0 Å². The van der Waals surface area contributed by atoms with Crippen LogP contribution in [0.2, 0.25) is 0 Å². The molecule has 0 unspecified atom stereocenters. The minimum absolute atomic E-state index is 0.0128. The van der Waals surface area contributed by atoms with Crippen molar-refractivity contribution in [1.82, 2.24) is 5.32 Å². The van der Waals surface area contributed by atoms with Gasteiger partial charge < -0.3 is 10.2 Å². The number of benzene rings is 1. The van der Waals surface area contributed by atoms with Crippen LogP contribution in [0, 0.1) is 11.6 Å². The van der Waals surface area contributed by atoms with Gasteiger partial charge in [-0.1, -0.05) is 13.0 Å². The van der Waals surface area contributed by atoms with E-state index in [4.69, 9.17) is 0 Å². The van der Waals surface area contributed by atoms with Gasteiger partial charge in [0.2, 0.25) is 11.8 Å². The summed E-state index contributed by atoms with van der Waals surface area (Å²) in [5.74, 6) is -2.29. The fraction of sp³-hybridized carbons (Fsp3) is 0.385. The Hall–Kier alpha value is -1.98. The van der Waals surface area contributed by atoms with Gasteiger partial charge in [0, 0.05) is 26.4 Å². The van der Waals surface area contributed by atoms with E-state index in [1.54, 1.807) is 6.92 Å². The first-order chi connectivity index (χ1) is 8.97. The fourth-order valence-electron chi connectivity index (χ4n) is 1.61. The monoisotopic (exact) mass is 270 g/mol. The molecule has 0 aliphatic carbocycles. The van der Waals surface area contributed by atoms with Gasteiger partial charge in [-0.2, -0.15) is 0 Å². The van der Waals surface area contributed by atoms with Crippen LogP contribution < -0.4 is 10.2 Å². The Balaban J connectivity index is 2.84. The van der Waals surface area contributed by atoms with Gasteiger partial charge >= 0.3 is 0 Å². The Kier molecular flexibility index (Phi) is 5.41. The smallest absolute Gasteiger partial charge is 0.224 e. The van der Waals surface area contributed by atoms with Crippen LogP contribution in [0.15, 0.2) is 18.2 Å². The Morgan fingerprint density at radius 3 is 2.32 bits per heavy atom. The fourth-order valence-corrected chi connectivity index (χ4v) is 1.61. The van der Waals surface area contributed by atoms with Crippen LogP contribution in [-0.2, 0) is 9.59 Å². The Morgan fingerprint density at radius 1 is 1.26 bits per heavy atom. The summed E-state index contributed by atoms with van der Waals surface area (Å²) in [5, 5.41) is 2.55. The van der Waals surface area contributed by atoms with E-state index in [-0.39, 0.29) is 24.7 Å². The molecule has 0 aliphatic heterocycles. The maximum absolute atomic E-state index is 13.6. The highest BCUT2D eigenvalue weighted by Gasteiger charge is 2.19. The number of rotatable bonds is 5. The molecule has 2 amide bonds. The highest BCUT2D eigenvalue weighted by Crippen LogP contribution is 2.22. The second kappa shape index (κ2) is 6.82. The molecule has 0 fully saturated rings. The molecular formula is C13H16F2N2O2. The standard InChI is InChI=1S/C13H16F2N2O2/c1-3-12(19)16-7-8-17(9(2)18)13-10(14)5-4-6-11(13)15/h4-6H,3,7-8H2,1-2H3,(H,16,19). The number of amides is 2. The van der Waals surface area contributed by atoms with Crippen molar-refractivity contribution >= 4 is 17.5 Å². The molecule has 0 atom stereocenters. The minimum Gasteiger partial charge on any atom is -0.354 e. The van der Waals surface area contributed by atoms with Crippen molar-refractivity contribution in [3.63, 3.8) is 0 Å². The van der Waals surface area contributed by atoms with Crippen molar-refractivity contribution in [3.05, 3.63) is 29.8 Å². The third-order valence-electron chi connectivity index (χ3n) is 2.57.